The molecule has 0 atom stereocenters. The first kappa shape index (κ1) is 41.7. The van der Waals surface area contributed by atoms with E-state index in [0.717, 1.165) is 51.2 Å². The van der Waals surface area contributed by atoms with Crippen LogP contribution in [0.2, 0.25) is 0 Å². The second-order valence-electron chi connectivity index (χ2n) is 13.2. The van der Waals surface area contributed by atoms with E-state index in [1.807, 2.05) is 133 Å². The van der Waals surface area contributed by atoms with Crippen LogP contribution in [0.1, 0.15) is 73.8 Å². The Morgan fingerprint density at radius 2 is 1.06 bits per heavy atom. The molecule has 3 nitrogen and oxygen atoms in total. The number of phenols is 1. The van der Waals surface area contributed by atoms with Crippen molar-refractivity contribution in [3.05, 3.63) is 193 Å². The summed E-state index contributed by atoms with van der Waals surface area (Å²) in [6, 6.07) is 48.0. The number of benzene rings is 6. The number of aryl methyl sites for hydroxylation is 1. The zero-order chi connectivity index (χ0) is 36.6. The zero-order valence-electron chi connectivity index (χ0n) is 31.3. The molecule has 0 amide bonds. The van der Waals surface area contributed by atoms with E-state index in [2.05, 4.69) is 60.6 Å². The summed E-state index contributed by atoms with van der Waals surface area (Å²) < 4.78 is 6.23. The molecule has 0 heterocycles. The monoisotopic (exact) mass is 854 g/mol. The van der Waals surface area contributed by atoms with Crippen LogP contribution in [0.4, 0.5) is 5.69 Å². The number of ether oxygens (including phenoxy) is 1. The van der Waals surface area contributed by atoms with Gasteiger partial charge in [-0.05, 0) is 36.8 Å². The minimum absolute atomic E-state index is 0. The third-order valence-electron chi connectivity index (χ3n) is 8.37. The summed E-state index contributed by atoms with van der Waals surface area (Å²) in [5.74, 6) is 1.89. The molecule has 4 heteroatoms. The molecule has 0 aliphatic rings. The Labute approximate surface area is 331 Å². The van der Waals surface area contributed by atoms with E-state index in [4.69, 9.17) is 10.1 Å². The van der Waals surface area contributed by atoms with Crippen molar-refractivity contribution in [1.29, 1.82) is 0 Å². The molecule has 0 saturated heterocycles. The van der Waals surface area contributed by atoms with Crippen molar-refractivity contribution < 1.29 is 35.7 Å². The van der Waals surface area contributed by atoms with Crippen LogP contribution >= 0.6 is 0 Å². The number of rotatable bonds is 10. The molecule has 6 aromatic rings. The normalized spacial score (nSPS) is 10.3. The molecule has 0 saturated carbocycles. The Balaban J connectivity index is 0.000000402. The van der Waals surface area contributed by atoms with E-state index in [9.17, 15) is 5.11 Å². The molecule has 0 aliphatic carbocycles. The van der Waals surface area contributed by atoms with E-state index in [1.54, 1.807) is 0 Å². The quantitative estimate of drug-likeness (QED) is 0.0847. The molecular weight excluding hydrogens is 801 g/mol. The van der Waals surface area contributed by atoms with E-state index >= 15 is 0 Å². The van der Waals surface area contributed by atoms with Gasteiger partial charge in [0.1, 0.15) is 11.5 Å². The summed E-state index contributed by atoms with van der Waals surface area (Å²) in [5, 5.41) is 16.2. The summed E-state index contributed by atoms with van der Waals surface area (Å²) in [6.07, 6.45) is 0.813. The van der Waals surface area contributed by atoms with Crippen LogP contribution in [-0.2, 0) is 25.8 Å². The smallest absolute Gasteiger partial charge is 0.131 e. The van der Waals surface area contributed by atoms with E-state index in [0.29, 0.717) is 25.0 Å². The molecule has 52 heavy (non-hydrogen) atoms. The number of aromatic hydroxyl groups is 1. The molecule has 6 rings (SSSR count). The van der Waals surface area contributed by atoms with Crippen LogP contribution in [0.15, 0.2) is 146 Å². The van der Waals surface area contributed by atoms with Crippen molar-refractivity contribution in [2.45, 2.75) is 52.9 Å². The number of phenolic OH excluding ortho intramolecular Hbond substituents is 1. The fourth-order valence-corrected chi connectivity index (χ4v) is 5.72. The van der Waals surface area contributed by atoms with Crippen LogP contribution in [-0.4, -0.2) is 18.3 Å². The molecule has 0 unspecified atom stereocenters. The maximum absolute atomic E-state index is 11.1. The number of hydrogen-bond donors (Lipinski definition) is 1. The molecule has 6 aromatic carbocycles. The minimum Gasteiger partial charge on any atom is -0.684 e. The Morgan fingerprint density at radius 1 is 0.596 bits per heavy atom. The third kappa shape index (κ3) is 12.5. The summed E-state index contributed by atoms with van der Waals surface area (Å²) in [7, 11) is 0. The van der Waals surface area contributed by atoms with Crippen molar-refractivity contribution in [3.63, 3.8) is 0 Å². The second kappa shape index (κ2) is 21.6. The van der Waals surface area contributed by atoms with Gasteiger partial charge in [-0.2, -0.15) is 49.2 Å². The van der Waals surface area contributed by atoms with E-state index in [1.165, 1.54) is 16.7 Å². The first-order valence-corrected chi connectivity index (χ1v) is 17.8. The Morgan fingerprint density at radius 3 is 1.56 bits per heavy atom. The van der Waals surface area contributed by atoms with Crippen LogP contribution in [0.3, 0.4) is 0 Å². The van der Waals surface area contributed by atoms with E-state index < -0.39 is 0 Å². The van der Waals surface area contributed by atoms with Gasteiger partial charge in [0.05, 0.1) is 6.61 Å². The molecule has 1 N–H and O–H groups in total. The predicted molar refractivity (Wildman–Crippen MR) is 218 cm³/mol. The van der Waals surface area contributed by atoms with Crippen LogP contribution in [0, 0.1) is 20.8 Å². The zero-order valence-corrected chi connectivity index (χ0v) is 34.9. The van der Waals surface area contributed by atoms with Gasteiger partial charge in [-0.1, -0.05) is 135 Å². The van der Waals surface area contributed by atoms with Crippen molar-refractivity contribution in [3.8, 4) is 33.8 Å². The molecule has 0 spiro atoms. The fourth-order valence-electron chi connectivity index (χ4n) is 5.72. The minimum atomic E-state index is 0. The number of hydrogen-bond acceptors (Lipinski definition) is 2. The van der Waals surface area contributed by atoms with Crippen LogP contribution in [0.25, 0.3) is 27.6 Å². The standard InChI is InChI=1S/C34H38NO2.2C7H7.Hf/c1-23(2)30-21-25(5)22-31(24(3)4)33(30)35-19-12-20-37-32-18-10-9-15-28(32)29-17-11-16-27(34(29)36)26-13-7-6-8-14-26;2*1-7-5-3-2-4-6-7;/h6-11,13-18,21-24,36H,12,19-20H2,1-5H3;2*2-6H,1H2;/q3*-1;. The first-order chi connectivity index (χ1) is 24.7. The average Bonchev–Trinajstić information content (AvgIpc) is 3.13. The molecule has 0 radical (unpaired) electrons. The van der Waals surface area contributed by atoms with Gasteiger partial charge in [0.15, 0.2) is 0 Å². The molecule has 0 bridgehead atoms. The Bertz CT molecular complexity index is 1840. The molecule has 0 aliphatic heterocycles. The van der Waals surface area contributed by atoms with Crippen molar-refractivity contribution in [2.24, 2.45) is 0 Å². The van der Waals surface area contributed by atoms with Crippen molar-refractivity contribution in [1.82, 2.24) is 0 Å². The van der Waals surface area contributed by atoms with E-state index in [-0.39, 0.29) is 31.6 Å². The fraction of sp³-hybridized carbons (Fsp3) is 0.208. The van der Waals surface area contributed by atoms with Crippen LogP contribution in [0.5, 0.6) is 11.5 Å². The van der Waals surface area contributed by atoms with Crippen LogP contribution < -0.4 is 4.74 Å². The van der Waals surface area contributed by atoms with Gasteiger partial charge in [-0.25, -0.2) is 0 Å². The Hall–Kier alpha value is -4.67. The molecular formula is C48H52HfNO2-3. The van der Waals surface area contributed by atoms with Gasteiger partial charge in [-0.15, -0.1) is 36.5 Å². The number of nitrogens with zero attached hydrogens (tertiary/aromatic N) is 1. The average molecular weight is 853 g/mol. The molecule has 0 fully saturated rings. The van der Waals surface area contributed by atoms with Gasteiger partial charge >= 0.3 is 0 Å². The number of para-hydroxylation sites is 2. The van der Waals surface area contributed by atoms with Gasteiger partial charge in [0, 0.05) is 42.5 Å². The predicted octanol–water partition coefficient (Wildman–Crippen LogP) is 13.5. The van der Waals surface area contributed by atoms with Crippen molar-refractivity contribution >= 4 is 5.69 Å². The topological polar surface area (TPSA) is 43.6 Å². The summed E-state index contributed by atoms with van der Waals surface area (Å²) in [6.45, 7) is 19.8. The molecule has 0 aromatic heterocycles. The van der Waals surface area contributed by atoms with Gasteiger partial charge in [0.25, 0.3) is 0 Å². The maximum Gasteiger partial charge on any atom is 0.131 e. The summed E-state index contributed by atoms with van der Waals surface area (Å²) >= 11 is 0. The molecule has 268 valence electrons. The largest absolute Gasteiger partial charge is 0.684 e. The summed E-state index contributed by atoms with van der Waals surface area (Å²) in [4.78, 5) is 0. The van der Waals surface area contributed by atoms with Gasteiger partial charge in [0.2, 0.25) is 0 Å². The van der Waals surface area contributed by atoms with Crippen molar-refractivity contribution in [2.75, 3.05) is 13.2 Å². The van der Waals surface area contributed by atoms with Gasteiger partial charge in [-0.3, -0.25) is 0 Å². The SMILES string of the molecule is Cc1cc(C(C)C)c([N-]CCCOc2ccccc2-c2cccc(-c3ccccc3)c2O)c(C(C)C)c1.[CH2-]c1ccccc1.[CH2-]c1ccccc1.[Hf]. The summed E-state index contributed by atoms with van der Waals surface area (Å²) in [5.41, 5.74) is 10.7. The van der Waals surface area contributed by atoms with Gasteiger partial charge < -0.3 is 15.2 Å². The third-order valence-corrected chi connectivity index (χ3v) is 8.37. The Kier molecular flexibility index (Phi) is 17.4. The first-order valence-electron chi connectivity index (χ1n) is 17.8. The maximum atomic E-state index is 11.1. The second-order valence-corrected chi connectivity index (χ2v) is 13.2.